The zero-order chi connectivity index (χ0) is 19.0. The van der Waals surface area contributed by atoms with Gasteiger partial charge in [-0.15, -0.1) is 15.3 Å². The lowest BCUT2D eigenvalue weighted by atomic mass is 9.92. The molecule has 2 aromatic heterocycles. The second kappa shape index (κ2) is 6.97. The van der Waals surface area contributed by atoms with Crippen LogP contribution in [0.15, 0.2) is 18.5 Å². The zero-order valence-electron chi connectivity index (χ0n) is 14.8. The van der Waals surface area contributed by atoms with Gasteiger partial charge >= 0.3 is 6.18 Å². The molecule has 2 aliphatic heterocycles. The number of piperidine rings is 2. The summed E-state index contributed by atoms with van der Waals surface area (Å²) >= 11 is 0. The molecule has 27 heavy (non-hydrogen) atoms. The van der Waals surface area contributed by atoms with Crippen LogP contribution in [-0.4, -0.2) is 63.0 Å². The first-order chi connectivity index (χ1) is 12.9. The summed E-state index contributed by atoms with van der Waals surface area (Å²) < 4.78 is 40.5. The molecule has 4 rings (SSSR count). The van der Waals surface area contributed by atoms with Crippen LogP contribution in [0.4, 0.5) is 19.0 Å². The molecular weight excluding hydrogens is 361 g/mol. The molecule has 0 radical (unpaired) electrons. The van der Waals surface area contributed by atoms with Crippen LogP contribution in [0.3, 0.4) is 0 Å². The van der Waals surface area contributed by atoms with Crippen LogP contribution >= 0.6 is 0 Å². The van der Waals surface area contributed by atoms with Crippen molar-refractivity contribution in [3.63, 3.8) is 0 Å². The van der Waals surface area contributed by atoms with Crippen LogP contribution in [0.2, 0.25) is 0 Å². The smallest absolute Gasteiger partial charge is 0.355 e. The fourth-order valence-corrected chi connectivity index (χ4v) is 3.95. The van der Waals surface area contributed by atoms with Crippen LogP contribution in [-0.2, 0) is 4.79 Å². The fourth-order valence-electron chi connectivity index (χ4n) is 3.95. The number of aromatic nitrogens is 4. The summed E-state index contributed by atoms with van der Waals surface area (Å²) in [6, 6.07) is 3.70. The van der Waals surface area contributed by atoms with Crippen molar-refractivity contribution in [2.24, 2.45) is 11.8 Å². The first-order valence-corrected chi connectivity index (χ1v) is 9.19. The highest BCUT2D eigenvalue weighted by molar-refractivity contribution is 5.79. The van der Waals surface area contributed by atoms with Crippen LogP contribution < -0.4 is 4.90 Å². The van der Waals surface area contributed by atoms with Crippen molar-refractivity contribution in [3.05, 3.63) is 18.5 Å². The Hall–Kier alpha value is -2.39. The predicted octanol–water partition coefficient (Wildman–Crippen LogP) is 2.14. The van der Waals surface area contributed by atoms with Gasteiger partial charge in [-0.05, 0) is 37.8 Å². The van der Waals surface area contributed by atoms with Gasteiger partial charge in [-0.3, -0.25) is 4.79 Å². The van der Waals surface area contributed by atoms with Gasteiger partial charge in [0.05, 0.1) is 5.92 Å². The number of hydrogen-bond donors (Lipinski definition) is 0. The summed E-state index contributed by atoms with van der Waals surface area (Å²) in [5, 5.41) is 12.2. The number of anilines is 1. The summed E-state index contributed by atoms with van der Waals surface area (Å²) in [5.41, 5.74) is 0.660. The van der Waals surface area contributed by atoms with E-state index in [-0.39, 0.29) is 24.8 Å². The van der Waals surface area contributed by atoms with Gasteiger partial charge in [0.15, 0.2) is 5.65 Å². The maximum absolute atomic E-state index is 13.0. The van der Waals surface area contributed by atoms with Crippen molar-refractivity contribution < 1.29 is 18.0 Å². The second-order valence-electron chi connectivity index (χ2n) is 7.25. The maximum atomic E-state index is 13.0. The predicted molar refractivity (Wildman–Crippen MR) is 91.1 cm³/mol. The highest BCUT2D eigenvalue weighted by atomic mass is 19.4. The molecule has 0 aromatic carbocycles. The van der Waals surface area contributed by atoms with Gasteiger partial charge in [0, 0.05) is 32.1 Å². The quantitative estimate of drug-likeness (QED) is 0.796. The van der Waals surface area contributed by atoms with E-state index < -0.39 is 12.1 Å². The molecule has 2 aliphatic rings. The number of alkyl halides is 3. The Bertz CT molecular complexity index is 814. The summed E-state index contributed by atoms with van der Waals surface area (Å²) in [7, 11) is 0. The van der Waals surface area contributed by atoms with E-state index in [1.54, 1.807) is 4.52 Å². The van der Waals surface area contributed by atoms with Gasteiger partial charge in [0.1, 0.15) is 12.1 Å². The molecule has 7 nitrogen and oxygen atoms in total. The minimum absolute atomic E-state index is 0.114. The minimum Gasteiger partial charge on any atom is -0.355 e. The monoisotopic (exact) mass is 382 g/mol. The molecule has 2 aromatic rings. The molecule has 146 valence electrons. The average molecular weight is 382 g/mol. The number of carbonyl (C=O) groups excluding carboxylic acids is 1. The number of fused-ring (bicyclic) bond motifs is 1. The van der Waals surface area contributed by atoms with E-state index in [9.17, 15) is 18.0 Å². The van der Waals surface area contributed by atoms with Crippen molar-refractivity contribution in [1.29, 1.82) is 0 Å². The molecule has 0 spiro atoms. The number of nitrogens with zero attached hydrogens (tertiary/aromatic N) is 6. The Morgan fingerprint density at radius 2 is 1.89 bits per heavy atom. The molecule has 0 unspecified atom stereocenters. The zero-order valence-corrected chi connectivity index (χ0v) is 14.8. The molecule has 4 heterocycles. The Morgan fingerprint density at radius 3 is 2.63 bits per heavy atom. The normalized spacial score (nSPS) is 22.4. The lowest BCUT2D eigenvalue weighted by Crippen LogP contribution is -2.48. The number of carbonyl (C=O) groups is 1. The SMILES string of the molecule is O=C(C1CCN(c2ccc3nncn3n2)CC1)N1CCC[C@@H](C(F)(F)F)C1. The van der Waals surface area contributed by atoms with Gasteiger partial charge < -0.3 is 9.80 Å². The van der Waals surface area contributed by atoms with Crippen molar-refractivity contribution in [1.82, 2.24) is 24.7 Å². The first-order valence-electron chi connectivity index (χ1n) is 9.19. The van der Waals surface area contributed by atoms with Crippen molar-refractivity contribution >= 4 is 17.4 Å². The van der Waals surface area contributed by atoms with Crippen molar-refractivity contribution in [2.75, 3.05) is 31.1 Å². The molecule has 0 bridgehead atoms. The van der Waals surface area contributed by atoms with Gasteiger partial charge in [-0.1, -0.05) is 0 Å². The van der Waals surface area contributed by atoms with E-state index in [1.165, 1.54) is 11.2 Å². The number of rotatable bonds is 2. The molecule has 1 amide bonds. The molecule has 0 N–H and O–H groups in total. The van der Waals surface area contributed by atoms with E-state index >= 15 is 0 Å². The Kier molecular flexibility index (Phi) is 4.65. The summed E-state index contributed by atoms with van der Waals surface area (Å²) in [4.78, 5) is 16.2. The fraction of sp³-hybridized carbons (Fsp3) is 0.647. The standard InChI is InChI=1S/C17H21F3N6O/c18-17(19,20)13-2-1-7-25(10-13)16(27)12-5-8-24(9-6-12)15-4-3-14-22-21-11-26(14)23-15/h3-4,11-13H,1-2,5-10H2/t13-/m1/s1. The molecule has 0 saturated carbocycles. The molecular formula is C17H21F3N6O. The number of likely N-dealkylation sites (tertiary alicyclic amines) is 1. The third-order valence-corrected chi connectivity index (χ3v) is 5.51. The van der Waals surface area contributed by atoms with Crippen molar-refractivity contribution in [3.8, 4) is 0 Å². The molecule has 1 atom stereocenters. The molecule has 2 fully saturated rings. The largest absolute Gasteiger partial charge is 0.393 e. The summed E-state index contributed by atoms with van der Waals surface area (Å²) in [6.07, 6.45) is -0.931. The van der Waals surface area contributed by atoms with E-state index in [0.29, 0.717) is 44.5 Å². The van der Waals surface area contributed by atoms with Gasteiger partial charge in [-0.2, -0.15) is 17.7 Å². The maximum Gasteiger partial charge on any atom is 0.393 e. The van der Waals surface area contributed by atoms with E-state index in [0.717, 1.165) is 5.82 Å². The van der Waals surface area contributed by atoms with E-state index in [1.807, 2.05) is 12.1 Å². The topological polar surface area (TPSA) is 66.6 Å². The minimum atomic E-state index is -4.23. The number of amides is 1. The molecule has 0 aliphatic carbocycles. The average Bonchev–Trinajstić information content (AvgIpc) is 3.15. The Morgan fingerprint density at radius 1 is 1.11 bits per heavy atom. The first kappa shape index (κ1) is 18.0. The van der Waals surface area contributed by atoms with Crippen LogP contribution in [0.25, 0.3) is 5.65 Å². The summed E-state index contributed by atoms with van der Waals surface area (Å²) in [5.74, 6) is -0.962. The second-order valence-corrected chi connectivity index (χ2v) is 7.25. The number of hydrogen-bond acceptors (Lipinski definition) is 5. The summed E-state index contributed by atoms with van der Waals surface area (Å²) in [6.45, 7) is 1.52. The van der Waals surface area contributed by atoms with Crippen molar-refractivity contribution in [2.45, 2.75) is 31.9 Å². The van der Waals surface area contributed by atoms with Gasteiger partial charge in [0.2, 0.25) is 5.91 Å². The third-order valence-electron chi connectivity index (χ3n) is 5.51. The highest BCUT2D eigenvalue weighted by Crippen LogP contribution is 2.34. The Balaban J connectivity index is 1.36. The van der Waals surface area contributed by atoms with E-state index in [4.69, 9.17) is 0 Å². The molecule has 2 saturated heterocycles. The van der Waals surface area contributed by atoms with Crippen LogP contribution in [0.5, 0.6) is 0 Å². The number of halogens is 3. The van der Waals surface area contributed by atoms with Crippen LogP contribution in [0, 0.1) is 11.8 Å². The lowest BCUT2D eigenvalue weighted by Gasteiger charge is -2.38. The van der Waals surface area contributed by atoms with Crippen LogP contribution in [0.1, 0.15) is 25.7 Å². The Labute approximate surface area is 154 Å². The van der Waals surface area contributed by atoms with Gasteiger partial charge in [0.25, 0.3) is 0 Å². The third kappa shape index (κ3) is 3.70. The van der Waals surface area contributed by atoms with Gasteiger partial charge in [-0.25, -0.2) is 0 Å². The van der Waals surface area contributed by atoms with E-state index in [2.05, 4.69) is 20.2 Å². The highest BCUT2D eigenvalue weighted by Gasteiger charge is 2.43. The molecule has 10 heteroatoms. The lowest BCUT2D eigenvalue weighted by molar-refractivity contribution is -0.188.